The zero-order valence-corrected chi connectivity index (χ0v) is 14.0. The van der Waals surface area contributed by atoms with Gasteiger partial charge >= 0.3 is 0 Å². The molecule has 0 amide bonds. The van der Waals surface area contributed by atoms with Crippen LogP contribution in [0.4, 0.5) is 0 Å². The average Bonchev–Trinajstić information content (AvgIpc) is 2.46. The molecule has 0 aliphatic carbocycles. The third kappa shape index (κ3) is 4.23. The first-order chi connectivity index (χ1) is 8.86. The normalized spacial score (nSPS) is 8.35. The van der Waals surface area contributed by atoms with Gasteiger partial charge in [0.25, 0.3) is 0 Å². The topological polar surface area (TPSA) is 21.4 Å². The Morgan fingerprint density at radius 3 is 1.60 bits per heavy atom. The zero-order valence-electron chi connectivity index (χ0n) is 11.2. The van der Waals surface area contributed by atoms with Crippen molar-refractivity contribution in [2.24, 2.45) is 0 Å². The van der Waals surface area contributed by atoms with Crippen molar-refractivity contribution < 1.29 is 37.5 Å². The van der Waals surface area contributed by atoms with E-state index in [-0.39, 0.29) is 45.8 Å². The molecule has 0 fully saturated rings. The Balaban J connectivity index is 0.00000180. The molecule has 0 aromatic heterocycles. The maximum absolute atomic E-state index is 10.9. The molecule has 3 heteroatoms. The van der Waals surface area contributed by atoms with Crippen LogP contribution in [-0.4, -0.2) is 6.29 Å². The second-order valence-corrected chi connectivity index (χ2v) is 3.67. The van der Waals surface area contributed by atoms with Crippen LogP contribution in [0, 0.1) is 14.0 Å². The molecule has 0 bridgehead atoms. The van der Waals surface area contributed by atoms with Gasteiger partial charge in [-0.2, -0.15) is 5.57 Å². The van der Waals surface area contributed by atoms with E-state index in [0.29, 0.717) is 5.57 Å². The molecule has 2 nitrogen and oxygen atoms in total. The summed E-state index contributed by atoms with van der Waals surface area (Å²) >= 11 is 0. The van der Waals surface area contributed by atoms with E-state index >= 15 is 0 Å². The summed E-state index contributed by atoms with van der Waals surface area (Å²) in [5.74, 6) is 0. The number of hydrogen-bond acceptors (Lipinski definition) is 1. The molecule has 0 saturated carbocycles. The monoisotopic (exact) mass is 336 g/mol. The quantitative estimate of drug-likeness (QED) is 0.615. The van der Waals surface area contributed by atoms with Gasteiger partial charge in [0.05, 0.1) is 12.3 Å². The van der Waals surface area contributed by atoms with E-state index in [1.807, 2.05) is 60.7 Å². The van der Waals surface area contributed by atoms with Gasteiger partial charge in [-0.3, -0.25) is 4.85 Å². The van der Waals surface area contributed by atoms with Gasteiger partial charge in [-0.1, -0.05) is 60.7 Å². The Labute approximate surface area is 145 Å². The van der Waals surface area contributed by atoms with E-state index < -0.39 is 0 Å². The molecule has 0 atom stereocenters. The Bertz CT molecular complexity index is 571. The number of carbonyl (C=O) groups excluding carboxylic acids is 1. The van der Waals surface area contributed by atoms with Crippen molar-refractivity contribution in [3.8, 4) is 0 Å². The molecule has 1 radical (unpaired) electrons. The number of allylic oxidation sites excluding steroid dienone is 1. The fourth-order valence-corrected chi connectivity index (χ4v) is 1.78. The largest absolute Gasteiger partial charge is 0.433 e. The molecule has 0 spiro atoms. The van der Waals surface area contributed by atoms with Gasteiger partial charge in [0, 0.05) is 32.7 Å². The van der Waals surface area contributed by atoms with E-state index in [2.05, 4.69) is 4.85 Å². The molecule has 2 aromatic rings. The van der Waals surface area contributed by atoms with Crippen LogP contribution in [0.5, 0.6) is 0 Å². The SMILES string of the molecule is [C-]#[N+]C([C-]=O)=C(c1ccccc1)c1ccccc1.[CH3-].[Y]. The average molecular weight is 336 g/mol. The molecule has 0 aliphatic rings. The van der Waals surface area contributed by atoms with Gasteiger partial charge in [0.15, 0.2) is 0 Å². The van der Waals surface area contributed by atoms with Crippen LogP contribution in [0.3, 0.4) is 0 Å². The Morgan fingerprint density at radius 1 is 0.900 bits per heavy atom. The first kappa shape index (κ1) is 18.4. The van der Waals surface area contributed by atoms with Gasteiger partial charge in [-0.25, -0.2) is 0 Å². The minimum Gasteiger partial charge on any atom is -0.433 e. The van der Waals surface area contributed by atoms with Gasteiger partial charge < -0.3 is 12.2 Å². The number of rotatable bonds is 3. The number of benzene rings is 2. The van der Waals surface area contributed by atoms with Crippen LogP contribution >= 0.6 is 0 Å². The molecule has 0 unspecified atom stereocenters. The fourth-order valence-electron chi connectivity index (χ4n) is 1.78. The third-order valence-corrected chi connectivity index (χ3v) is 2.57. The van der Waals surface area contributed by atoms with Gasteiger partial charge in [-0.15, -0.1) is 11.1 Å². The summed E-state index contributed by atoms with van der Waals surface area (Å²) in [6, 6.07) is 18.8. The van der Waals surface area contributed by atoms with Crippen LogP contribution < -0.4 is 0 Å². The Morgan fingerprint density at radius 2 is 1.30 bits per heavy atom. The Hall–Kier alpha value is -1.56. The molecular weight excluding hydrogens is 323 g/mol. The summed E-state index contributed by atoms with van der Waals surface area (Å²) in [7, 11) is 0. The summed E-state index contributed by atoms with van der Waals surface area (Å²) in [6.45, 7) is 7.09. The van der Waals surface area contributed by atoms with Crippen molar-refractivity contribution in [2.75, 3.05) is 0 Å². The molecule has 0 heterocycles. The molecule has 20 heavy (non-hydrogen) atoms. The smallest absolute Gasteiger partial charge is 0.0887 e. The number of nitrogens with zero attached hydrogens (tertiary/aromatic N) is 1. The van der Waals surface area contributed by atoms with Gasteiger partial charge in [-0.05, 0) is 6.29 Å². The van der Waals surface area contributed by atoms with E-state index in [4.69, 9.17) is 6.57 Å². The van der Waals surface area contributed by atoms with Crippen molar-refractivity contribution >= 4 is 11.9 Å². The molecule has 2 aromatic carbocycles. The van der Waals surface area contributed by atoms with Crippen molar-refractivity contribution in [2.45, 2.75) is 0 Å². The van der Waals surface area contributed by atoms with E-state index in [1.165, 1.54) is 0 Å². The predicted octanol–water partition coefficient (Wildman–Crippen LogP) is 3.92. The summed E-state index contributed by atoms with van der Waals surface area (Å²) in [5.41, 5.74) is 2.32. The first-order valence-electron chi connectivity index (χ1n) is 5.47. The summed E-state index contributed by atoms with van der Waals surface area (Å²) < 4.78 is 0. The first-order valence-corrected chi connectivity index (χ1v) is 5.47. The summed E-state index contributed by atoms with van der Waals surface area (Å²) in [4.78, 5) is 14.2. The molecule has 0 saturated heterocycles. The van der Waals surface area contributed by atoms with Crippen LogP contribution in [0.25, 0.3) is 10.4 Å². The maximum Gasteiger partial charge on any atom is 0.0887 e. The van der Waals surface area contributed by atoms with Crippen LogP contribution in [0.2, 0.25) is 0 Å². The van der Waals surface area contributed by atoms with E-state index in [0.717, 1.165) is 11.1 Å². The fraction of sp³-hybridized carbons (Fsp3) is 0. The van der Waals surface area contributed by atoms with Crippen molar-refractivity contribution in [1.82, 2.24) is 0 Å². The Kier molecular flexibility index (Phi) is 8.64. The standard InChI is InChI=1S/C16H10NO.CH3.Y/c1-17-15(12-18)16(13-8-4-2-5-9-13)14-10-6-3-7-11-14;;/h2-11H;1H3;/q2*-1;. The van der Waals surface area contributed by atoms with Crippen molar-refractivity contribution in [1.29, 1.82) is 0 Å². The summed E-state index contributed by atoms with van der Waals surface area (Å²) in [6.07, 6.45) is 1.72. The van der Waals surface area contributed by atoms with Crippen LogP contribution in [0.15, 0.2) is 66.4 Å². The predicted molar refractivity (Wildman–Crippen MR) is 77.6 cm³/mol. The van der Waals surface area contributed by atoms with Crippen molar-refractivity contribution in [3.05, 3.63) is 96.3 Å². The minimum atomic E-state index is 0. The minimum absolute atomic E-state index is 0. The van der Waals surface area contributed by atoms with Crippen LogP contribution in [-0.2, 0) is 37.5 Å². The second-order valence-electron chi connectivity index (χ2n) is 3.67. The van der Waals surface area contributed by atoms with Crippen LogP contribution in [0.1, 0.15) is 11.1 Å². The maximum atomic E-state index is 10.9. The summed E-state index contributed by atoms with van der Waals surface area (Å²) in [5, 5.41) is 0. The van der Waals surface area contributed by atoms with Gasteiger partial charge in [0.1, 0.15) is 0 Å². The molecular formula is C17H13NOY-2. The number of hydrogen-bond donors (Lipinski definition) is 0. The van der Waals surface area contributed by atoms with E-state index in [9.17, 15) is 4.79 Å². The third-order valence-electron chi connectivity index (χ3n) is 2.57. The van der Waals surface area contributed by atoms with Gasteiger partial charge in [0.2, 0.25) is 0 Å². The molecule has 2 rings (SSSR count). The molecule has 0 N–H and O–H groups in total. The molecule has 97 valence electrons. The zero-order chi connectivity index (χ0) is 12.8. The second kappa shape index (κ2) is 9.36. The molecule has 0 aliphatic heterocycles. The van der Waals surface area contributed by atoms with Crippen molar-refractivity contribution in [3.63, 3.8) is 0 Å². The van der Waals surface area contributed by atoms with E-state index in [1.54, 1.807) is 6.29 Å².